The van der Waals surface area contributed by atoms with Crippen LogP contribution in [0, 0.1) is 12.8 Å². The van der Waals surface area contributed by atoms with E-state index in [9.17, 15) is 4.79 Å². The van der Waals surface area contributed by atoms with Crippen molar-refractivity contribution in [2.75, 3.05) is 24.7 Å². The molecule has 3 rings (SSSR count). The molecule has 1 aromatic rings. The largest absolute Gasteiger partial charge is 0.474 e. The molecule has 0 aromatic carbocycles. The van der Waals surface area contributed by atoms with Gasteiger partial charge in [-0.2, -0.15) is 0 Å². The van der Waals surface area contributed by atoms with Crippen molar-refractivity contribution in [1.82, 2.24) is 4.98 Å². The SMILES string of the molecule is C=C[C@@H]1OCC[C@H]1C(=O)N1CCOc2ncc(C)cc21. The zero-order chi connectivity index (χ0) is 14.1. The summed E-state index contributed by atoms with van der Waals surface area (Å²) in [6.45, 7) is 7.33. The first kappa shape index (κ1) is 13.1. The van der Waals surface area contributed by atoms with Gasteiger partial charge in [0.05, 0.1) is 18.6 Å². The molecule has 0 radical (unpaired) electrons. The molecule has 0 N–H and O–H groups in total. The number of pyridine rings is 1. The molecular formula is C15H18N2O3. The van der Waals surface area contributed by atoms with Gasteiger partial charge in [0.25, 0.3) is 0 Å². The van der Waals surface area contributed by atoms with Crippen LogP contribution in [0.3, 0.4) is 0 Å². The van der Waals surface area contributed by atoms with E-state index in [1.54, 1.807) is 17.2 Å². The van der Waals surface area contributed by atoms with Gasteiger partial charge in [-0.3, -0.25) is 4.79 Å². The molecule has 1 fully saturated rings. The molecular weight excluding hydrogens is 256 g/mol. The summed E-state index contributed by atoms with van der Waals surface area (Å²) in [5.41, 5.74) is 1.77. The van der Waals surface area contributed by atoms with Crippen LogP contribution in [-0.4, -0.2) is 36.8 Å². The van der Waals surface area contributed by atoms with Crippen LogP contribution in [0.25, 0.3) is 0 Å². The van der Waals surface area contributed by atoms with Crippen molar-refractivity contribution in [3.8, 4) is 5.88 Å². The zero-order valence-corrected chi connectivity index (χ0v) is 11.5. The predicted octanol–water partition coefficient (Wildman–Crippen LogP) is 1.71. The summed E-state index contributed by atoms with van der Waals surface area (Å²) >= 11 is 0. The van der Waals surface area contributed by atoms with Gasteiger partial charge in [0, 0.05) is 12.8 Å². The van der Waals surface area contributed by atoms with Gasteiger partial charge >= 0.3 is 0 Å². The molecule has 1 amide bonds. The summed E-state index contributed by atoms with van der Waals surface area (Å²) in [7, 11) is 0. The number of rotatable bonds is 2. The Morgan fingerprint density at radius 3 is 3.20 bits per heavy atom. The number of carbonyl (C=O) groups excluding carboxylic acids is 1. The molecule has 106 valence electrons. The molecule has 1 aromatic heterocycles. The van der Waals surface area contributed by atoms with E-state index in [4.69, 9.17) is 9.47 Å². The van der Waals surface area contributed by atoms with Gasteiger partial charge in [-0.25, -0.2) is 4.98 Å². The first-order chi connectivity index (χ1) is 9.70. The minimum atomic E-state index is -0.188. The minimum absolute atomic E-state index is 0.0735. The molecule has 0 aliphatic carbocycles. The van der Waals surface area contributed by atoms with Crippen LogP contribution in [0.15, 0.2) is 24.9 Å². The van der Waals surface area contributed by atoms with E-state index in [0.29, 0.717) is 25.6 Å². The summed E-state index contributed by atoms with van der Waals surface area (Å²) in [6, 6.07) is 1.94. The molecule has 0 unspecified atom stereocenters. The maximum absolute atomic E-state index is 12.8. The third-order valence-corrected chi connectivity index (χ3v) is 3.76. The maximum atomic E-state index is 12.8. The van der Waals surface area contributed by atoms with Gasteiger partial charge in [0.1, 0.15) is 12.3 Å². The molecule has 2 aliphatic heterocycles. The Kier molecular flexibility index (Phi) is 3.44. The lowest BCUT2D eigenvalue weighted by Crippen LogP contribution is -2.43. The first-order valence-corrected chi connectivity index (χ1v) is 6.85. The topological polar surface area (TPSA) is 51.7 Å². The number of nitrogens with zero attached hydrogens (tertiary/aromatic N) is 2. The fourth-order valence-electron chi connectivity index (χ4n) is 2.74. The summed E-state index contributed by atoms with van der Waals surface area (Å²) in [5.74, 6) is 0.451. The van der Waals surface area contributed by atoms with Crippen LogP contribution in [0.2, 0.25) is 0 Å². The minimum Gasteiger partial charge on any atom is -0.474 e. The fraction of sp³-hybridized carbons (Fsp3) is 0.467. The highest BCUT2D eigenvalue weighted by Crippen LogP contribution is 2.33. The van der Waals surface area contributed by atoms with Crippen LogP contribution in [0.4, 0.5) is 5.69 Å². The van der Waals surface area contributed by atoms with Crippen molar-refractivity contribution in [3.63, 3.8) is 0 Å². The number of fused-ring (bicyclic) bond motifs is 1. The molecule has 3 heterocycles. The van der Waals surface area contributed by atoms with Crippen LogP contribution < -0.4 is 9.64 Å². The Bertz CT molecular complexity index is 544. The average Bonchev–Trinajstić information content (AvgIpc) is 2.94. The molecule has 5 heteroatoms. The van der Waals surface area contributed by atoms with Crippen molar-refractivity contribution in [2.24, 2.45) is 5.92 Å². The Hall–Kier alpha value is -1.88. The van der Waals surface area contributed by atoms with Gasteiger partial charge in [-0.05, 0) is 25.0 Å². The third-order valence-electron chi connectivity index (χ3n) is 3.76. The summed E-state index contributed by atoms with van der Waals surface area (Å²) in [6.07, 6.45) is 4.01. The van der Waals surface area contributed by atoms with Crippen LogP contribution in [0.5, 0.6) is 5.88 Å². The lowest BCUT2D eigenvalue weighted by molar-refractivity contribution is -0.123. The summed E-state index contributed by atoms with van der Waals surface area (Å²) in [4.78, 5) is 18.8. The number of ether oxygens (including phenoxy) is 2. The molecule has 20 heavy (non-hydrogen) atoms. The van der Waals surface area contributed by atoms with Gasteiger partial charge in [-0.1, -0.05) is 6.08 Å². The highest BCUT2D eigenvalue weighted by atomic mass is 16.5. The Morgan fingerprint density at radius 2 is 2.40 bits per heavy atom. The van der Waals surface area contributed by atoms with E-state index in [1.165, 1.54) is 0 Å². The van der Waals surface area contributed by atoms with Gasteiger partial charge in [-0.15, -0.1) is 6.58 Å². The number of aryl methyl sites for hydroxylation is 1. The highest BCUT2D eigenvalue weighted by molar-refractivity contribution is 5.97. The highest BCUT2D eigenvalue weighted by Gasteiger charge is 2.37. The smallest absolute Gasteiger partial charge is 0.238 e. The second-order valence-electron chi connectivity index (χ2n) is 5.14. The normalized spacial score (nSPS) is 24.9. The van der Waals surface area contributed by atoms with Crippen LogP contribution >= 0.6 is 0 Å². The van der Waals surface area contributed by atoms with E-state index >= 15 is 0 Å². The van der Waals surface area contributed by atoms with E-state index in [0.717, 1.165) is 17.7 Å². The molecule has 0 spiro atoms. The monoisotopic (exact) mass is 274 g/mol. The molecule has 0 bridgehead atoms. The Morgan fingerprint density at radius 1 is 1.55 bits per heavy atom. The lowest BCUT2D eigenvalue weighted by Gasteiger charge is -2.31. The maximum Gasteiger partial charge on any atom is 0.238 e. The van der Waals surface area contributed by atoms with Crippen molar-refractivity contribution in [3.05, 3.63) is 30.5 Å². The van der Waals surface area contributed by atoms with Crippen molar-refractivity contribution < 1.29 is 14.3 Å². The average molecular weight is 274 g/mol. The Labute approximate surface area is 118 Å². The van der Waals surface area contributed by atoms with E-state index < -0.39 is 0 Å². The number of hydrogen-bond donors (Lipinski definition) is 0. The number of amides is 1. The van der Waals surface area contributed by atoms with Crippen molar-refractivity contribution >= 4 is 11.6 Å². The van der Waals surface area contributed by atoms with Gasteiger partial charge in [0.2, 0.25) is 11.8 Å². The Balaban J connectivity index is 1.90. The quantitative estimate of drug-likeness (QED) is 0.770. The molecule has 2 aliphatic rings. The standard InChI is InChI=1S/C15H18N2O3/c1-3-13-11(4-6-19-13)15(18)17-5-7-20-14-12(17)8-10(2)9-16-14/h3,8-9,11,13H,1,4-7H2,2H3/t11-,13+/m1/s1. The fourth-order valence-corrected chi connectivity index (χ4v) is 2.74. The third kappa shape index (κ3) is 2.18. The zero-order valence-electron chi connectivity index (χ0n) is 11.5. The van der Waals surface area contributed by atoms with Crippen molar-refractivity contribution in [2.45, 2.75) is 19.4 Å². The predicted molar refractivity (Wildman–Crippen MR) is 74.9 cm³/mol. The molecule has 2 atom stereocenters. The molecule has 1 saturated heterocycles. The molecule has 0 saturated carbocycles. The number of aromatic nitrogens is 1. The second-order valence-corrected chi connectivity index (χ2v) is 5.14. The van der Waals surface area contributed by atoms with Gasteiger partial charge < -0.3 is 14.4 Å². The lowest BCUT2D eigenvalue weighted by atomic mass is 9.99. The summed E-state index contributed by atoms with van der Waals surface area (Å²) < 4.78 is 11.0. The molecule has 5 nitrogen and oxygen atoms in total. The first-order valence-electron chi connectivity index (χ1n) is 6.85. The number of anilines is 1. The summed E-state index contributed by atoms with van der Waals surface area (Å²) in [5, 5.41) is 0. The number of hydrogen-bond acceptors (Lipinski definition) is 4. The van der Waals surface area contributed by atoms with E-state index in [1.807, 2.05) is 13.0 Å². The van der Waals surface area contributed by atoms with Crippen molar-refractivity contribution in [1.29, 1.82) is 0 Å². The van der Waals surface area contributed by atoms with Crippen LogP contribution in [-0.2, 0) is 9.53 Å². The number of carbonyl (C=O) groups is 1. The van der Waals surface area contributed by atoms with Crippen LogP contribution in [0.1, 0.15) is 12.0 Å². The van der Waals surface area contributed by atoms with E-state index in [-0.39, 0.29) is 17.9 Å². The van der Waals surface area contributed by atoms with E-state index in [2.05, 4.69) is 11.6 Å². The second kappa shape index (κ2) is 5.25. The van der Waals surface area contributed by atoms with Gasteiger partial charge in [0.15, 0.2) is 0 Å².